The van der Waals surface area contributed by atoms with Crippen molar-refractivity contribution in [3.63, 3.8) is 0 Å². The van der Waals surface area contributed by atoms with Crippen LogP contribution in [-0.2, 0) is 11.2 Å². The first-order valence-electron chi connectivity index (χ1n) is 7.77. The van der Waals surface area contributed by atoms with Crippen molar-refractivity contribution in [2.45, 2.75) is 56.6 Å². The molecular weight excluding hydrogens is 350 g/mol. The summed E-state index contributed by atoms with van der Waals surface area (Å²) >= 11 is 9.86. The fourth-order valence-corrected chi connectivity index (χ4v) is 4.23. The van der Waals surface area contributed by atoms with Gasteiger partial charge in [0.05, 0.1) is 5.60 Å². The van der Waals surface area contributed by atoms with Crippen LogP contribution in [0.2, 0.25) is 5.02 Å². The monoisotopic (exact) mass is 373 g/mol. The summed E-state index contributed by atoms with van der Waals surface area (Å²) in [6, 6.07) is 6.42. The highest BCUT2D eigenvalue weighted by atomic mass is 79.9. The summed E-state index contributed by atoms with van der Waals surface area (Å²) in [5.74, 6) is 0. The summed E-state index contributed by atoms with van der Waals surface area (Å²) in [5, 5.41) is 4.31. The maximum atomic E-state index is 6.39. The van der Waals surface area contributed by atoms with Gasteiger partial charge in [0.15, 0.2) is 0 Å². The predicted octanol–water partition coefficient (Wildman–Crippen LogP) is 4.97. The van der Waals surface area contributed by atoms with Crippen LogP contribution < -0.4 is 5.32 Å². The molecule has 21 heavy (non-hydrogen) atoms. The molecule has 0 aromatic heterocycles. The summed E-state index contributed by atoms with van der Waals surface area (Å²) in [6.07, 6.45) is 8.30. The van der Waals surface area contributed by atoms with Gasteiger partial charge in [0, 0.05) is 22.6 Å². The van der Waals surface area contributed by atoms with Crippen molar-refractivity contribution in [3.05, 3.63) is 33.3 Å². The van der Waals surface area contributed by atoms with Crippen molar-refractivity contribution < 1.29 is 4.74 Å². The van der Waals surface area contributed by atoms with Crippen LogP contribution in [-0.4, -0.2) is 25.8 Å². The SMILES string of the molecule is CNC(Cc1ccc(Br)cc1Cl)C1(OC)CCCCCC1. The summed E-state index contributed by atoms with van der Waals surface area (Å²) in [4.78, 5) is 0. The Morgan fingerprint density at radius 3 is 2.48 bits per heavy atom. The first-order chi connectivity index (χ1) is 10.1. The molecule has 1 atom stereocenters. The van der Waals surface area contributed by atoms with Gasteiger partial charge in [0.25, 0.3) is 0 Å². The fraction of sp³-hybridized carbons (Fsp3) is 0.647. The highest BCUT2D eigenvalue weighted by molar-refractivity contribution is 9.10. The third-order valence-electron chi connectivity index (χ3n) is 4.78. The van der Waals surface area contributed by atoms with Gasteiger partial charge in [-0.2, -0.15) is 0 Å². The van der Waals surface area contributed by atoms with Crippen LogP contribution in [0.15, 0.2) is 22.7 Å². The molecule has 1 unspecified atom stereocenters. The zero-order valence-electron chi connectivity index (χ0n) is 12.9. The van der Waals surface area contributed by atoms with Crippen LogP contribution in [0, 0.1) is 0 Å². The first-order valence-corrected chi connectivity index (χ1v) is 8.95. The minimum Gasteiger partial charge on any atom is -0.377 e. The van der Waals surface area contributed by atoms with Gasteiger partial charge in [-0.05, 0) is 44.0 Å². The average molecular weight is 375 g/mol. The van der Waals surface area contributed by atoms with Crippen molar-refractivity contribution in [3.8, 4) is 0 Å². The van der Waals surface area contributed by atoms with E-state index in [1.807, 2.05) is 20.2 Å². The Hall–Kier alpha value is -0.0900. The summed E-state index contributed by atoms with van der Waals surface area (Å²) < 4.78 is 7.05. The lowest BCUT2D eigenvalue weighted by molar-refractivity contribution is -0.0509. The minimum absolute atomic E-state index is 0.0678. The molecule has 118 valence electrons. The summed E-state index contributed by atoms with van der Waals surface area (Å²) in [6.45, 7) is 0. The summed E-state index contributed by atoms with van der Waals surface area (Å²) in [7, 11) is 3.89. The number of benzene rings is 1. The van der Waals surface area contributed by atoms with Crippen molar-refractivity contribution in [2.75, 3.05) is 14.2 Å². The molecule has 0 aliphatic heterocycles. The molecule has 0 saturated heterocycles. The number of nitrogens with one attached hydrogen (secondary N) is 1. The molecule has 0 bridgehead atoms. The van der Waals surface area contributed by atoms with Gasteiger partial charge >= 0.3 is 0 Å². The lowest BCUT2D eigenvalue weighted by atomic mass is 9.82. The van der Waals surface area contributed by atoms with Gasteiger partial charge in [-0.25, -0.2) is 0 Å². The lowest BCUT2D eigenvalue weighted by Crippen LogP contribution is -2.52. The van der Waals surface area contributed by atoms with Gasteiger partial charge in [-0.1, -0.05) is 59.3 Å². The van der Waals surface area contributed by atoms with Gasteiger partial charge < -0.3 is 10.1 Å². The van der Waals surface area contributed by atoms with E-state index in [0.717, 1.165) is 28.8 Å². The Kier molecular flexibility index (Phi) is 6.54. The van der Waals surface area contributed by atoms with Crippen LogP contribution in [0.4, 0.5) is 0 Å². The third-order valence-corrected chi connectivity index (χ3v) is 5.62. The van der Waals surface area contributed by atoms with Crippen LogP contribution in [0.3, 0.4) is 0 Å². The van der Waals surface area contributed by atoms with Crippen molar-refractivity contribution >= 4 is 27.5 Å². The number of methoxy groups -OCH3 is 1. The van der Waals surface area contributed by atoms with Crippen LogP contribution >= 0.6 is 27.5 Å². The van der Waals surface area contributed by atoms with E-state index in [2.05, 4.69) is 33.4 Å². The molecule has 1 aromatic carbocycles. The molecule has 2 rings (SSSR count). The maximum absolute atomic E-state index is 6.39. The zero-order valence-corrected chi connectivity index (χ0v) is 15.3. The van der Waals surface area contributed by atoms with E-state index in [9.17, 15) is 0 Å². The number of ether oxygens (including phenoxy) is 1. The standard InChI is InChI=1S/C17H25BrClNO/c1-20-16(11-13-7-8-14(18)12-15(13)19)17(21-2)9-5-3-4-6-10-17/h7-8,12,16,20H,3-6,9-11H2,1-2H3. The normalized spacial score (nSPS) is 20.0. The second-order valence-electron chi connectivity index (χ2n) is 5.96. The minimum atomic E-state index is -0.0678. The topological polar surface area (TPSA) is 21.3 Å². The van der Waals surface area contributed by atoms with Crippen LogP contribution in [0.25, 0.3) is 0 Å². The number of halogens is 2. The van der Waals surface area contributed by atoms with E-state index in [4.69, 9.17) is 16.3 Å². The van der Waals surface area contributed by atoms with Gasteiger partial charge in [0.1, 0.15) is 0 Å². The van der Waals surface area contributed by atoms with E-state index < -0.39 is 0 Å². The van der Waals surface area contributed by atoms with E-state index in [1.54, 1.807) is 0 Å². The summed E-state index contributed by atoms with van der Waals surface area (Å²) in [5.41, 5.74) is 1.11. The van der Waals surface area contributed by atoms with Gasteiger partial charge in [-0.3, -0.25) is 0 Å². The molecule has 1 aromatic rings. The predicted molar refractivity (Wildman–Crippen MR) is 93.1 cm³/mol. The van der Waals surface area contributed by atoms with Crippen molar-refractivity contribution in [1.82, 2.24) is 5.32 Å². The molecular formula is C17H25BrClNO. The van der Waals surface area contributed by atoms with E-state index in [0.29, 0.717) is 6.04 Å². The van der Waals surface area contributed by atoms with E-state index in [-0.39, 0.29) is 5.60 Å². The molecule has 0 amide bonds. The molecule has 1 saturated carbocycles. The smallest absolute Gasteiger partial charge is 0.0834 e. The van der Waals surface area contributed by atoms with Crippen molar-refractivity contribution in [1.29, 1.82) is 0 Å². The Morgan fingerprint density at radius 1 is 1.29 bits per heavy atom. The molecule has 0 heterocycles. The average Bonchev–Trinajstić information content (AvgIpc) is 2.73. The molecule has 2 nitrogen and oxygen atoms in total. The molecule has 1 aliphatic rings. The van der Waals surface area contributed by atoms with Crippen molar-refractivity contribution in [2.24, 2.45) is 0 Å². The molecule has 0 spiro atoms. The zero-order chi connectivity index (χ0) is 15.3. The van der Waals surface area contributed by atoms with Gasteiger partial charge in [-0.15, -0.1) is 0 Å². The number of rotatable bonds is 5. The second kappa shape index (κ2) is 7.96. The quantitative estimate of drug-likeness (QED) is 0.734. The Balaban J connectivity index is 2.20. The Morgan fingerprint density at radius 2 is 1.95 bits per heavy atom. The highest BCUT2D eigenvalue weighted by Crippen LogP contribution is 2.35. The Bertz CT molecular complexity index is 458. The molecule has 1 fully saturated rings. The third kappa shape index (κ3) is 4.22. The second-order valence-corrected chi connectivity index (χ2v) is 7.29. The van der Waals surface area contributed by atoms with Crippen LogP contribution in [0.1, 0.15) is 44.1 Å². The van der Waals surface area contributed by atoms with Gasteiger partial charge in [0.2, 0.25) is 0 Å². The molecule has 4 heteroatoms. The molecule has 1 N–H and O–H groups in total. The maximum Gasteiger partial charge on any atom is 0.0834 e. The molecule has 1 aliphatic carbocycles. The Labute approximate surface area is 141 Å². The first kappa shape index (κ1) is 17.3. The van der Waals surface area contributed by atoms with Crippen LogP contribution in [0.5, 0.6) is 0 Å². The fourth-order valence-electron chi connectivity index (χ4n) is 3.48. The molecule has 0 radical (unpaired) electrons. The highest BCUT2D eigenvalue weighted by Gasteiger charge is 2.38. The van der Waals surface area contributed by atoms with E-state index in [1.165, 1.54) is 31.2 Å². The van der Waals surface area contributed by atoms with E-state index >= 15 is 0 Å². The number of likely N-dealkylation sites (N-methyl/N-ethyl adjacent to an activating group) is 1. The largest absolute Gasteiger partial charge is 0.377 e. The number of hydrogen-bond donors (Lipinski definition) is 1. The lowest BCUT2D eigenvalue weighted by Gasteiger charge is -2.39. The number of hydrogen-bond acceptors (Lipinski definition) is 2.